The van der Waals surface area contributed by atoms with Gasteiger partial charge < -0.3 is 5.73 Å². The zero-order chi connectivity index (χ0) is 15.0. The Kier molecular flexibility index (Phi) is 3.92. The molecule has 0 atom stereocenters. The number of nitrogen functional groups attached to an aromatic ring is 1. The van der Waals surface area contributed by atoms with Crippen molar-refractivity contribution in [1.29, 1.82) is 0 Å². The van der Waals surface area contributed by atoms with Crippen molar-refractivity contribution in [1.82, 2.24) is 4.98 Å². The zero-order valence-electron chi connectivity index (χ0n) is 12.1. The van der Waals surface area contributed by atoms with Crippen LogP contribution in [-0.2, 0) is 9.84 Å². The molecule has 1 aliphatic carbocycles. The van der Waals surface area contributed by atoms with Crippen molar-refractivity contribution in [3.8, 4) is 0 Å². The largest absolute Gasteiger partial charge is 0.399 e. The van der Waals surface area contributed by atoms with Crippen LogP contribution < -0.4 is 5.73 Å². The molecule has 0 bridgehead atoms. The highest BCUT2D eigenvalue weighted by Crippen LogP contribution is 2.36. The fourth-order valence-corrected chi connectivity index (χ4v) is 6.33. The van der Waals surface area contributed by atoms with E-state index in [0.717, 1.165) is 42.3 Å². The summed E-state index contributed by atoms with van der Waals surface area (Å²) in [5, 5.41) is -0.266. The van der Waals surface area contributed by atoms with Gasteiger partial charge in [0.2, 0.25) is 14.2 Å². The topological polar surface area (TPSA) is 73.0 Å². The van der Waals surface area contributed by atoms with Crippen LogP contribution in [0.25, 0.3) is 10.2 Å². The number of thiazole rings is 1. The molecule has 2 aromatic rings. The summed E-state index contributed by atoms with van der Waals surface area (Å²) in [6.45, 7) is 2.18. The number of hydrogen-bond acceptors (Lipinski definition) is 5. The van der Waals surface area contributed by atoms with Gasteiger partial charge in [-0.25, -0.2) is 13.4 Å². The Morgan fingerprint density at radius 2 is 2.00 bits per heavy atom. The van der Waals surface area contributed by atoms with E-state index in [9.17, 15) is 8.42 Å². The first-order chi connectivity index (χ1) is 10.0. The number of nitrogens with two attached hydrogens (primary N) is 1. The second-order valence-electron chi connectivity index (χ2n) is 5.80. The average Bonchev–Trinajstić information content (AvgIpc) is 2.91. The molecule has 1 saturated carbocycles. The summed E-state index contributed by atoms with van der Waals surface area (Å²) in [6.07, 6.45) is 4.70. The van der Waals surface area contributed by atoms with Gasteiger partial charge in [-0.05, 0) is 49.8 Å². The standard InChI is InChI=1S/C15H20N2O2S2/c1-2-10-3-6-12(7-4-10)21(18,19)15-17-13-8-5-11(16)9-14(13)20-15/h5,8-10,12H,2-4,6-7,16H2,1H3. The SMILES string of the molecule is CCC1CCC(S(=O)(=O)c2nc3ccc(N)cc3s2)CC1. The Morgan fingerprint density at radius 1 is 1.29 bits per heavy atom. The molecule has 6 heteroatoms. The second kappa shape index (κ2) is 5.57. The lowest BCUT2D eigenvalue weighted by Crippen LogP contribution is -2.27. The van der Waals surface area contributed by atoms with E-state index in [1.165, 1.54) is 11.3 Å². The van der Waals surface area contributed by atoms with Crippen molar-refractivity contribution in [3.63, 3.8) is 0 Å². The quantitative estimate of drug-likeness (QED) is 0.875. The molecule has 0 saturated heterocycles. The van der Waals surface area contributed by atoms with Gasteiger partial charge in [0, 0.05) is 5.69 Å². The fraction of sp³-hybridized carbons (Fsp3) is 0.533. The van der Waals surface area contributed by atoms with Crippen LogP contribution in [0.5, 0.6) is 0 Å². The number of sulfone groups is 1. The molecule has 21 heavy (non-hydrogen) atoms. The summed E-state index contributed by atoms with van der Waals surface area (Å²) in [7, 11) is -3.30. The highest BCUT2D eigenvalue weighted by atomic mass is 32.2. The monoisotopic (exact) mass is 324 g/mol. The van der Waals surface area contributed by atoms with Crippen LogP contribution >= 0.6 is 11.3 Å². The molecule has 0 spiro atoms. The maximum absolute atomic E-state index is 12.8. The molecule has 1 aromatic carbocycles. The summed E-state index contributed by atoms with van der Waals surface area (Å²) in [5.41, 5.74) is 7.10. The summed E-state index contributed by atoms with van der Waals surface area (Å²) in [5.74, 6) is 0.687. The van der Waals surface area contributed by atoms with Gasteiger partial charge in [0.1, 0.15) is 0 Å². The van der Waals surface area contributed by atoms with Gasteiger partial charge in [-0.2, -0.15) is 0 Å². The van der Waals surface area contributed by atoms with Crippen LogP contribution in [-0.4, -0.2) is 18.7 Å². The molecule has 1 aromatic heterocycles. The lowest BCUT2D eigenvalue weighted by molar-refractivity contribution is 0.348. The molecule has 1 aliphatic rings. The molecule has 2 N–H and O–H groups in total. The van der Waals surface area contributed by atoms with Gasteiger partial charge in [-0.3, -0.25) is 0 Å². The van der Waals surface area contributed by atoms with Gasteiger partial charge in [0.25, 0.3) is 0 Å². The van der Waals surface area contributed by atoms with Gasteiger partial charge in [-0.15, -0.1) is 11.3 Å². The maximum Gasteiger partial charge on any atom is 0.210 e. The third-order valence-corrected chi connectivity index (χ3v) is 8.13. The van der Waals surface area contributed by atoms with E-state index >= 15 is 0 Å². The first kappa shape index (κ1) is 14.8. The Bertz CT molecular complexity index is 744. The summed E-state index contributed by atoms with van der Waals surface area (Å²) < 4.78 is 26.6. The van der Waals surface area contributed by atoms with Crippen molar-refractivity contribution in [3.05, 3.63) is 18.2 Å². The van der Waals surface area contributed by atoms with E-state index in [2.05, 4.69) is 11.9 Å². The normalized spacial score (nSPS) is 23.5. The Labute approximate surface area is 129 Å². The average molecular weight is 324 g/mol. The van der Waals surface area contributed by atoms with Gasteiger partial charge in [0.15, 0.2) is 0 Å². The number of aromatic nitrogens is 1. The Hall–Kier alpha value is -1.14. The van der Waals surface area contributed by atoms with E-state index < -0.39 is 9.84 Å². The summed E-state index contributed by atoms with van der Waals surface area (Å²) in [4.78, 5) is 4.31. The first-order valence-electron chi connectivity index (χ1n) is 7.40. The minimum Gasteiger partial charge on any atom is -0.399 e. The van der Waals surface area contributed by atoms with Crippen LogP contribution in [0, 0.1) is 5.92 Å². The number of anilines is 1. The first-order valence-corrected chi connectivity index (χ1v) is 9.77. The minimum atomic E-state index is -3.30. The van der Waals surface area contributed by atoms with Crippen LogP contribution in [0.15, 0.2) is 22.5 Å². The number of nitrogens with zero attached hydrogens (tertiary/aromatic N) is 1. The summed E-state index contributed by atoms with van der Waals surface area (Å²) in [6, 6.07) is 5.33. The van der Waals surface area contributed by atoms with E-state index in [4.69, 9.17) is 5.73 Å². The second-order valence-corrected chi connectivity index (χ2v) is 9.24. The molecule has 114 valence electrons. The molecule has 1 heterocycles. The van der Waals surface area contributed by atoms with E-state index in [-0.39, 0.29) is 9.59 Å². The third-order valence-electron chi connectivity index (χ3n) is 4.45. The molecular formula is C15H20N2O2S2. The van der Waals surface area contributed by atoms with Crippen molar-refractivity contribution >= 4 is 37.1 Å². The minimum absolute atomic E-state index is 0.253. The Morgan fingerprint density at radius 3 is 2.67 bits per heavy atom. The van der Waals surface area contributed by atoms with Gasteiger partial charge >= 0.3 is 0 Å². The Balaban J connectivity index is 1.90. The molecule has 0 radical (unpaired) electrons. The van der Waals surface area contributed by atoms with Crippen LogP contribution in [0.2, 0.25) is 0 Å². The van der Waals surface area contributed by atoms with Crippen LogP contribution in [0.3, 0.4) is 0 Å². The molecule has 3 rings (SSSR count). The molecule has 0 amide bonds. The van der Waals surface area contributed by atoms with Crippen LogP contribution in [0.1, 0.15) is 39.0 Å². The van der Waals surface area contributed by atoms with Crippen molar-refractivity contribution in [2.24, 2.45) is 5.92 Å². The number of hydrogen-bond donors (Lipinski definition) is 1. The smallest absolute Gasteiger partial charge is 0.210 e. The molecule has 4 nitrogen and oxygen atoms in total. The lowest BCUT2D eigenvalue weighted by atomic mass is 9.87. The van der Waals surface area contributed by atoms with Gasteiger partial charge in [-0.1, -0.05) is 13.3 Å². The molecule has 0 aliphatic heterocycles. The highest BCUT2D eigenvalue weighted by molar-refractivity contribution is 7.94. The summed E-state index contributed by atoms with van der Waals surface area (Å²) >= 11 is 1.24. The van der Waals surface area contributed by atoms with Crippen LogP contribution in [0.4, 0.5) is 5.69 Å². The molecule has 1 fully saturated rings. The predicted molar refractivity (Wildman–Crippen MR) is 87.3 cm³/mol. The molecule has 0 unspecified atom stereocenters. The predicted octanol–water partition coefficient (Wildman–Crippen LogP) is 3.62. The fourth-order valence-electron chi connectivity index (χ4n) is 3.03. The van der Waals surface area contributed by atoms with E-state index in [1.54, 1.807) is 18.2 Å². The van der Waals surface area contributed by atoms with Crippen molar-refractivity contribution in [2.45, 2.75) is 48.6 Å². The molecular weight excluding hydrogens is 304 g/mol. The van der Waals surface area contributed by atoms with Gasteiger partial charge in [0.05, 0.1) is 15.5 Å². The highest BCUT2D eigenvalue weighted by Gasteiger charge is 2.33. The maximum atomic E-state index is 12.8. The van der Waals surface area contributed by atoms with E-state index in [1.807, 2.05) is 0 Å². The number of fused-ring (bicyclic) bond motifs is 1. The third kappa shape index (κ3) is 2.79. The van der Waals surface area contributed by atoms with E-state index in [0.29, 0.717) is 11.6 Å². The number of rotatable bonds is 3. The van der Waals surface area contributed by atoms with Crippen molar-refractivity contribution < 1.29 is 8.42 Å². The van der Waals surface area contributed by atoms with Crippen molar-refractivity contribution in [2.75, 3.05) is 5.73 Å². The zero-order valence-corrected chi connectivity index (χ0v) is 13.7. The number of benzene rings is 1. The lowest BCUT2D eigenvalue weighted by Gasteiger charge is -2.26.